The van der Waals surface area contributed by atoms with E-state index in [0.29, 0.717) is 12.8 Å². The zero-order valence-corrected chi connectivity index (χ0v) is 51.1. The van der Waals surface area contributed by atoms with E-state index >= 15 is 0 Å². The molecule has 0 aliphatic carbocycles. The molecule has 0 aromatic heterocycles. The van der Waals surface area contributed by atoms with E-state index < -0.39 is 6.10 Å². The largest absolute Gasteiger partial charge is 0.462 e. The fourth-order valence-electron chi connectivity index (χ4n) is 9.38. The van der Waals surface area contributed by atoms with Crippen LogP contribution in [0.2, 0.25) is 0 Å². The second kappa shape index (κ2) is 67.6. The van der Waals surface area contributed by atoms with Crippen LogP contribution < -0.4 is 0 Å². The topological polar surface area (TPSA) is 72.8 Å². The normalized spacial score (nSPS) is 13.0. The van der Waals surface area contributed by atoms with Crippen molar-refractivity contribution in [1.82, 2.24) is 0 Å². The zero-order chi connectivity index (χ0) is 56.2. The van der Waals surface area contributed by atoms with E-state index in [0.717, 1.165) is 109 Å². The molecule has 5 nitrogen and oxygen atoms in total. The average molecular weight is 1080 g/mol. The van der Waals surface area contributed by atoms with Gasteiger partial charge in [-0.3, -0.25) is 9.59 Å². The third-order valence-corrected chi connectivity index (χ3v) is 14.3. The quantitative estimate of drug-likeness (QED) is 0.0373. The Morgan fingerprint density at radius 1 is 0.295 bits per heavy atom. The lowest BCUT2D eigenvalue weighted by Crippen LogP contribution is -2.28. The number of rotatable bonds is 60. The number of ether oxygens (including phenoxy) is 2. The number of hydrogen-bond acceptors (Lipinski definition) is 5. The van der Waals surface area contributed by atoms with Crippen LogP contribution in [0.15, 0.2) is 122 Å². The summed E-state index contributed by atoms with van der Waals surface area (Å²) in [5.74, 6) is -0.602. The van der Waals surface area contributed by atoms with Crippen molar-refractivity contribution in [3.8, 4) is 0 Å². The van der Waals surface area contributed by atoms with Gasteiger partial charge in [-0.1, -0.05) is 315 Å². The Kier molecular flexibility index (Phi) is 64.4. The van der Waals surface area contributed by atoms with Crippen LogP contribution in [-0.4, -0.2) is 36.4 Å². The molecule has 0 amide bonds. The highest BCUT2D eigenvalue weighted by Gasteiger charge is 2.16. The van der Waals surface area contributed by atoms with Crippen LogP contribution in [0.5, 0.6) is 0 Å². The number of aliphatic hydroxyl groups excluding tert-OH is 1. The molecule has 0 radical (unpaired) electrons. The van der Waals surface area contributed by atoms with Gasteiger partial charge < -0.3 is 14.6 Å². The molecule has 0 spiro atoms. The maximum atomic E-state index is 12.3. The molecule has 0 rings (SSSR count). The summed E-state index contributed by atoms with van der Waals surface area (Å²) in [6.45, 7) is 3.92. The molecule has 1 atom stereocenters. The van der Waals surface area contributed by atoms with E-state index in [1.54, 1.807) is 0 Å². The molecule has 0 aliphatic rings. The summed E-state index contributed by atoms with van der Waals surface area (Å²) in [5, 5.41) is 9.68. The molecule has 1 N–H and O–H groups in total. The lowest BCUT2D eigenvalue weighted by molar-refractivity contribution is -0.161. The fourth-order valence-corrected chi connectivity index (χ4v) is 9.38. The molecule has 0 heterocycles. The van der Waals surface area contributed by atoms with Crippen molar-refractivity contribution in [2.24, 2.45) is 0 Å². The first kappa shape index (κ1) is 74.3. The average Bonchev–Trinajstić information content (AvgIpc) is 3.44. The Bertz CT molecular complexity index is 1550. The number of carbonyl (C=O) groups excluding carboxylic acids is 2. The van der Waals surface area contributed by atoms with Crippen LogP contribution in [0.4, 0.5) is 0 Å². The van der Waals surface area contributed by atoms with Gasteiger partial charge in [-0.2, -0.15) is 0 Å². The Hall–Kier alpha value is -3.70. The molecule has 0 aromatic carbocycles. The Morgan fingerprint density at radius 3 is 0.769 bits per heavy atom. The highest BCUT2D eigenvalue weighted by atomic mass is 16.6. The van der Waals surface area contributed by atoms with Crippen molar-refractivity contribution in [3.63, 3.8) is 0 Å². The third-order valence-electron chi connectivity index (χ3n) is 14.3. The molecule has 0 fully saturated rings. The first-order valence-electron chi connectivity index (χ1n) is 33.1. The highest BCUT2D eigenvalue weighted by molar-refractivity contribution is 5.70. The van der Waals surface area contributed by atoms with E-state index in [1.807, 2.05) is 0 Å². The SMILES string of the molecule is CC/C=C\C/C=C\C/C=C\C/C=C\C/C=C\C/C=C\CCCCCCCCC(=O)OC(CO)COC(=O)CCCCCCCCCCCCCCCCCCCCCCCCCCCC/C=C\C/C=C\C/C=C\C/C=C\CC. The Balaban J connectivity index is 3.45. The van der Waals surface area contributed by atoms with Crippen molar-refractivity contribution in [2.45, 2.75) is 315 Å². The number of unbranched alkanes of at least 4 members (excludes halogenated alkanes) is 32. The van der Waals surface area contributed by atoms with Crippen LogP contribution in [0, 0.1) is 0 Å². The molecule has 1 unspecified atom stereocenters. The predicted molar refractivity (Wildman–Crippen MR) is 343 cm³/mol. The van der Waals surface area contributed by atoms with Crippen LogP contribution >= 0.6 is 0 Å². The molecular formula is C73H124O5. The number of carbonyl (C=O) groups is 2. The minimum atomic E-state index is -0.787. The monoisotopic (exact) mass is 1080 g/mol. The zero-order valence-electron chi connectivity index (χ0n) is 51.1. The van der Waals surface area contributed by atoms with Crippen molar-refractivity contribution in [1.29, 1.82) is 0 Å². The second-order valence-corrected chi connectivity index (χ2v) is 21.8. The van der Waals surface area contributed by atoms with Gasteiger partial charge in [0.25, 0.3) is 0 Å². The summed E-state index contributed by atoms with van der Waals surface area (Å²) in [6.07, 6.45) is 99.3. The van der Waals surface area contributed by atoms with E-state index in [4.69, 9.17) is 9.47 Å². The highest BCUT2D eigenvalue weighted by Crippen LogP contribution is 2.17. The number of hydrogen-bond donors (Lipinski definition) is 1. The van der Waals surface area contributed by atoms with Crippen LogP contribution in [-0.2, 0) is 19.1 Å². The minimum Gasteiger partial charge on any atom is -0.462 e. The number of esters is 2. The van der Waals surface area contributed by atoms with Gasteiger partial charge >= 0.3 is 11.9 Å². The van der Waals surface area contributed by atoms with Gasteiger partial charge in [0.1, 0.15) is 6.61 Å². The first-order valence-corrected chi connectivity index (χ1v) is 33.1. The smallest absolute Gasteiger partial charge is 0.306 e. The summed E-state index contributed by atoms with van der Waals surface area (Å²) in [5.41, 5.74) is 0. The summed E-state index contributed by atoms with van der Waals surface area (Å²) in [4.78, 5) is 24.6. The maximum absolute atomic E-state index is 12.3. The molecule has 0 saturated heterocycles. The van der Waals surface area contributed by atoms with E-state index in [-0.39, 0.29) is 25.2 Å². The van der Waals surface area contributed by atoms with Gasteiger partial charge in [0, 0.05) is 12.8 Å². The molecule has 5 heteroatoms. The molecule has 0 saturated carbocycles. The Labute approximate surface area is 483 Å². The molecule has 446 valence electrons. The van der Waals surface area contributed by atoms with Crippen molar-refractivity contribution in [2.75, 3.05) is 13.2 Å². The maximum Gasteiger partial charge on any atom is 0.306 e. The first-order chi connectivity index (χ1) is 38.6. The van der Waals surface area contributed by atoms with E-state index in [2.05, 4.69) is 135 Å². The van der Waals surface area contributed by atoms with Gasteiger partial charge in [-0.25, -0.2) is 0 Å². The van der Waals surface area contributed by atoms with Gasteiger partial charge in [0.05, 0.1) is 6.61 Å². The lowest BCUT2D eigenvalue weighted by Gasteiger charge is -2.15. The molecule has 78 heavy (non-hydrogen) atoms. The van der Waals surface area contributed by atoms with E-state index in [1.165, 1.54) is 173 Å². The number of allylic oxidation sites excluding steroid dienone is 20. The van der Waals surface area contributed by atoms with Crippen LogP contribution in [0.25, 0.3) is 0 Å². The van der Waals surface area contributed by atoms with Crippen molar-refractivity contribution < 1.29 is 24.2 Å². The summed E-state index contributed by atoms with van der Waals surface area (Å²) >= 11 is 0. The van der Waals surface area contributed by atoms with E-state index in [9.17, 15) is 14.7 Å². The van der Waals surface area contributed by atoms with Gasteiger partial charge in [0.2, 0.25) is 0 Å². The van der Waals surface area contributed by atoms with Crippen molar-refractivity contribution >= 4 is 11.9 Å². The molecule has 0 aromatic rings. The fraction of sp³-hybridized carbons (Fsp3) is 0.699. The minimum absolute atomic E-state index is 0.0748. The van der Waals surface area contributed by atoms with Gasteiger partial charge in [0.15, 0.2) is 6.10 Å². The van der Waals surface area contributed by atoms with Crippen molar-refractivity contribution in [3.05, 3.63) is 122 Å². The lowest BCUT2D eigenvalue weighted by atomic mass is 10.0. The second-order valence-electron chi connectivity index (χ2n) is 21.8. The Morgan fingerprint density at radius 2 is 0.513 bits per heavy atom. The van der Waals surface area contributed by atoms with Crippen LogP contribution in [0.3, 0.4) is 0 Å². The number of aliphatic hydroxyl groups is 1. The predicted octanol–water partition coefficient (Wildman–Crippen LogP) is 23.0. The van der Waals surface area contributed by atoms with Gasteiger partial charge in [-0.15, -0.1) is 0 Å². The summed E-state index contributed by atoms with van der Waals surface area (Å²) in [7, 11) is 0. The van der Waals surface area contributed by atoms with Gasteiger partial charge in [-0.05, 0) is 103 Å². The van der Waals surface area contributed by atoms with Crippen LogP contribution in [0.1, 0.15) is 309 Å². The third kappa shape index (κ3) is 64.8. The molecule has 0 aliphatic heterocycles. The molecule has 0 bridgehead atoms. The standard InChI is InChI=1S/C73H124O5/c1-3-5-7-9-11-13-15-17-19-21-23-25-27-29-30-31-32-33-34-35-36-37-38-39-40-41-42-44-45-47-49-51-53-55-57-59-61-63-65-67-72(75)77-70-71(69-74)78-73(76)68-66-64-62-60-58-56-54-52-50-48-46-43-28-26-24-22-20-18-16-14-12-10-8-6-4-2/h5-8,11-14,17-20,23-26,43,46,50,52,71,74H,3-4,9-10,15-16,21-22,27-42,44-45,47-49,51,53-70H2,1-2H3/b7-5-,8-6-,13-11-,14-12-,19-17-,20-18-,25-23-,26-24-,46-43-,52-50-. The summed E-state index contributed by atoms with van der Waals surface area (Å²) < 4.78 is 10.7. The molecular weight excluding hydrogens is 957 g/mol. The summed E-state index contributed by atoms with van der Waals surface area (Å²) in [6, 6.07) is 0.